The maximum Gasteiger partial charge on any atom is 0.309 e. The van der Waals surface area contributed by atoms with Gasteiger partial charge in [-0.25, -0.2) is 0 Å². The Bertz CT molecular complexity index is 2130. The van der Waals surface area contributed by atoms with E-state index in [1.54, 1.807) is 6.07 Å². The van der Waals surface area contributed by atoms with Gasteiger partial charge in [0.15, 0.2) is 5.78 Å². The van der Waals surface area contributed by atoms with Crippen LogP contribution in [0.3, 0.4) is 0 Å². The van der Waals surface area contributed by atoms with E-state index in [1.807, 2.05) is 26.0 Å². The number of rotatable bonds is 8. The monoisotopic (exact) mass is 844 g/mol. The number of carbonyl (C=O) groups is 3. The smallest absolute Gasteiger partial charge is 0.309 e. The van der Waals surface area contributed by atoms with Crippen LogP contribution < -0.4 is 4.74 Å². The summed E-state index contributed by atoms with van der Waals surface area (Å²) in [6, 6.07) is 5.49. The summed E-state index contributed by atoms with van der Waals surface area (Å²) < 4.78 is 25.1. The van der Waals surface area contributed by atoms with E-state index in [-0.39, 0.29) is 57.5 Å². The molecule has 60 heavy (non-hydrogen) atoms. The minimum absolute atomic E-state index is 0.0228. The number of benzene rings is 1. The van der Waals surface area contributed by atoms with Crippen LogP contribution in [-0.4, -0.2) is 58.4 Å². The number of Topliss-reactive ketones (excluding diaryl/α,β-unsaturated/α-hetero) is 1. The largest absolute Gasteiger partial charge is 0.487 e. The van der Waals surface area contributed by atoms with E-state index in [9.17, 15) is 19.5 Å². The number of fused-ring (bicyclic) bond motifs is 7. The second-order valence-corrected chi connectivity index (χ2v) is 22.7. The predicted molar refractivity (Wildman–Crippen MR) is 226 cm³/mol. The molecule has 1 N–H and O–H groups in total. The molecule has 11 atom stereocenters. The molecule has 10 nitrogen and oxygen atoms in total. The van der Waals surface area contributed by atoms with E-state index in [0.29, 0.717) is 66.0 Å². The van der Waals surface area contributed by atoms with Crippen molar-refractivity contribution in [1.82, 2.24) is 10.2 Å². The number of carbonyl (C=O) groups excluding carboxylic acids is 2. The molecule has 1 aromatic heterocycles. The van der Waals surface area contributed by atoms with Crippen LogP contribution in [0.2, 0.25) is 5.02 Å². The van der Waals surface area contributed by atoms with Crippen LogP contribution >= 0.6 is 11.6 Å². The summed E-state index contributed by atoms with van der Waals surface area (Å²) in [6.07, 6.45) is 8.94. The average molecular weight is 846 g/mol. The second kappa shape index (κ2) is 14.1. The Morgan fingerprint density at radius 1 is 0.883 bits per heavy atom. The highest BCUT2D eigenvalue weighted by molar-refractivity contribution is 6.30. The van der Waals surface area contributed by atoms with Crippen LogP contribution in [0.25, 0.3) is 11.5 Å². The third kappa shape index (κ3) is 5.90. The summed E-state index contributed by atoms with van der Waals surface area (Å²) in [4.78, 5) is 39.9. The third-order valence-electron chi connectivity index (χ3n) is 18.7. The van der Waals surface area contributed by atoms with Crippen LogP contribution in [0.5, 0.6) is 5.75 Å². The molecule has 1 aromatic carbocycles. The number of allylic oxidation sites excluding steroid dienone is 2. The molecule has 9 rings (SSSR count). The van der Waals surface area contributed by atoms with Crippen molar-refractivity contribution < 1.29 is 38.1 Å². The molecule has 0 radical (unpaired) electrons. The zero-order valence-corrected chi connectivity index (χ0v) is 37.9. The number of nitrogens with zero attached hydrogens (tertiary/aromatic N) is 2. The lowest BCUT2D eigenvalue weighted by molar-refractivity contribution is -0.235. The topological polar surface area (TPSA) is 138 Å². The Labute approximate surface area is 360 Å². The molecule has 1 aliphatic heterocycles. The first-order chi connectivity index (χ1) is 28.2. The van der Waals surface area contributed by atoms with Crippen molar-refractivity contribution in [3.8, 4) is 17.2 Å². The SMILES string of the molecule is CC(C)C1=C2[C@H]3CC[C@@H]4[C@@]5(C)CC[C@H](OC(=O)[C@H]6C[C@@H](C(=O)O)C6(C)C)C(C)(C)[C@@H]5CC[C@@]4(C)[C@]3(C)CC[C@@]2(c2nnc(-c3ccc(Cl)cc3O[C@@H]3CCOC3)o2)CC1=O. The first-order valence-corrected chi connectivity index (χ1v) is 23.2. The third-order valence-corrected chi connectivity index (χ3v) is 18.9. The Morgan fingerprint density at radius 3 is 2.33 bits per heavy atom. The van der Waals surface area contributed by atoms with Gasteiger partial charge in [-0.15, -0.1) is 10.2 Å². The molecule has 6 fully saturated rings. The maximum atomic E-state index is 14.4. The van der Waals surface area contributed by atoms with E-state index in [4.69, 9.17) is 35.3 Å². The van der Waals surface area contributed by atoms with Crippen LogP contribution in [0.1, 0.15) is 139 Å². The van der Waals surface area contributed by atoms with Gasteiger partial charge >= 0.3 is 11.9 Å². The molecule has 6 aliphatic carbocycles. The molecule has 2 heterocycles. The van der Waals surface area contributed by atoms with Crippen molar-refractivity contribution in [1.29, 1.82) is 0 Å². The van der Waals surface area contributed by atoms with Crippen molar-refractivity contribution in [2.24, 2.45) is 62.6 Å². The Morgan fingerprint density at radius 2 is 1.65 bits per heavy atom. The van der Waals surface area contributed by atoms with Crippen molar-refractivity contribution in [2.75, 3.05) is 13.2 Å². The number of ketones is 1. The molecule has 326 valence electrons. The summed E-state index contributed by atoms with van der Waals surface area (Å²) in [5, 5.41) is 19.7. The summed E-state index contributed by atoms with van der Waals surface area (Å²) in [7, 11) is 0. The fourth-order valence-corrected chi connectivity index (χ4v) is 15.3. The zero-order valence-electron chi connectivity index (χ0n) is 37.1. The van der Waals surface area contributed by atoms with E-state index in [1.165, 1.54) is 5.57 Å². The maximum absolute atomic E-state index is 14.4. The lowest BCUT2D eigenvalue weighted by Crippen LogP contribution is -2.66. The van der Waals surface area contributed by atoms with Gasteiger partial charge in [0.1, 0.15) is 18.0 Å². The molecule has 0 spiro atoms. The van der Waals surface area contributed by atoms with Crippen molar-refractivity contribution in [2.45, 2.75) is 151 Å². The minimum Gasteiger partial charge on any atom is -0.487 e. The number of ether oxygens (including phenoxy) is 3. The molecule has 2 aromatic rings. The van der Waals surface area contributed by atoms with Crippen LogP contribution in [0.4, 0.5) is 0 Å². The van der Waals surface area contributed by atoms with Crippen molar-refractivity contribution in [3.05, 3.63) is 40.3 Å². The van der Waals surface area contributed by atoms with Gasteiger partial charge in [-0.1, -0.05) is 73.9 Å². The average Bonchev–Trinajstić information content (AvgIpc) is 3.93. The first kappa shape index (κ1) is 42.1. The van der Waals surface area contributed by atoms with Gasteiger partial charge < -0.3 is 23.7 Å². The molecule has 0 unspecified atom stereocenters. The highest BCUT2D eigenvalue weighted by atomic mass is 35.5. The van der Waals surface area contributed by atoms with Gasteiger partial charge in [0.05, 0.1) is 36.0 Å². The lowest BCUT2D eigenvalue weighted by Gasteiger charge is -2.72. The molecule has 0 bridgehead atoms. The first-order valence-electron chi connectivity index (χ1n) is 22.8. The quantitative estimate of drug-likeness (QED) is 0.256. The van der Waals surface area contributed by atoms with Gasteiger partial charge in [0.25, 0.3) is 5.89 Å². The van der Waals surface area contributed by atoms with Crippen molar-refractivity contribution >= 4 is 29.3 Å². The fourth-order valence-electron chi connectivity index (χ4n) is 15.1. The van der Waals surface area contributed by atoms with Gasteiger partial charge in [0.2, 0.25) is 5.89 Å². The summed E-state index contributed by atoms with van der Waals surface area (Å²) >= 11 is 6.46. The van der Waals surface area contributed by atoms with E-state index >= 15 is 0 Å². The Balaban J connectivity index is 1.01. The number of hydrogen-bond donors (Lipinski definition) is 1. The van der Waals surface area contributed by atoms with Crippen LogP contribution in [-0.2, 0) is 29.3 Å². The molecular weight excluding hydrogens is 780 g/mol. The predicted octanol–water partition coefficient (Wildman–Crippen LogP) is 10.4. The van der Waals surface area contributed by atoms with E-state index in [0.717, 1.165) is 63.4 Å². The van der Waals surface area contributed by atoms with Gasteiger partial charge in [-0.2, -0.15) is 0 Å². The highest BCUT2D eigenvalue weighted by Crippen LogP contribution is 2.77. The number of halogens is 1. The van der Waals surface area contributed by atoms with Crippen LogP contribution in [0, 0.1) is 62.6 Å². The normalized spacial score (nSPS) is 40.2. The van der Waals surface area contributed by atoms with E-state index in [2.05, 4.69) is 53.6 Å². The summed E-state index contributed by atoms with van der Waals surface area (Å²) in [5.74, 6) is 0.847. The second-order valence-electron chi connectivity index (χ2n) is 22.2. The van der Waals surface area contributed by atoms with E-state index < -0.39 is 28.6 Å². The molecule has 1 saturated heterocycles. The van der Waals surface area contributed by atoms with Gasteiger partial charge in [0, 0.05) is 23.3 Å². The number of aliphatic carboxylic acids is 1. The lowest BCUT2D eigenvalue weighted by atomic mass is 9.33. The number of aromatic nitrogens is 2. The highest BCUT2D eigenvalue weighted by Gasteiger charge is 2.71. The zero-order chi connectivity index (χ0) is 42.9. The molecule has 7 aliphatic rings. The number of carboxylic acids is 1. The van der Waals surface area contributed by atoms with Gasteiger partial charge in [-0.3, -0.25) is 14.4 Å². The van der Waals surface area contributed by atoms with Gasteiger partial charge in [-0.05, 0) is 132 Å². The fraction of sp³-hybridized carbons (Fsp3) is 0.735. The Kier molecular flexibility index (Phi) is 9.91. The number of carboxylic acid groups (broad SMARTS) is 1. The number of hydrogen-bond acceptors (Lipinski definition) is 9. The standard InChI is InChI=1S/C49H65ClN2O8/c1-26(2)38-33(53)24-49(43-52-51-40(60-43)29-11-10-27(50)22-34(29)58-28-16-21-57-25-28)20-19-47(8)30(39(38)49)12-13-36-46(7)17-15-37(45(5,6)35(46)14-18-48(36,47)9)59-42(56)32-23-31(41(54)55)44(32,3)4/h10-11,22,26,28,30-32,35-37H,12-21,23-25H2,1-9H3,(H,54,55)/t28-,30-,31+,32-,35+,36-,37+,46+,47-,48-,49-/m1/s1. The van der Waals surface area contributed by atoms with Crippen LogP contribution in [0.15, 0.2) is 33.8 Å². The minimum atomic E-state index is -0.834. The van der Waals surface area contributed by atoms with Crippen molar-refractivity contribution in [3.63, 3.8) is 0 Å². The number of esters is 1. The molecule has 0 amide bonds. The molecule has 11 heteroatoms. The Hall–Kier alpha value is -3.24. The summed E-state index contributed by atoms with van der Waals surface area (Å²) in [6.45, 7) is 21.6. The molecular formula is C49H65ClN2O8. The molecule has 5 saturated carbocycles. The summed E-state index contributed by atoms with van der Waals surface area (Å²) in [5.41, 5.74) is 1.44.